The van der Waals surface area contributed by atoms with Crippen molar-refractivity contribution in [3.8, 4) is 0 Å². The van der Waals surface area contributed by atoms with E-state index in [0.717, 1.165) is 17.5 Å². The number of nitrogen functional groups attached to an aromatic ring is 1. The molecule has 0 aliphatic heterocycles. The molecule has 4 N–H and O–H groups in total. The number of aromatic nitrogens is 1. The number of carbonyl (C=O) groups is 1. The fourth-order valence-corrected chi connectivity index (χ4v) is 3.03. The van der Waals surface area contributed by atoms with E-state index in [0.29, 0.717) is 22.6 Å². The zero-order valence-electron chi connectivity index (χ0n) is 10.3. The molecule has 19 heavy (non-hydrogen) atoms. The van der Waals surface area contributed by atoms with Crippen molar-refractivity contribution in [2.24, 2.45) is 5.41 Å². The fourth-order valence-electron chi connectivity index (χ4n) is 2.03. The lowest BCUT2D eigenvalue weighted by molar-refractivity contribution is 0.0940. The van der Waals surface area contributed by atoms with Crippen molar-refractivity contribution in [3.63, 3.8) is 0 Å². The van der Waals surface area contributed by atoms with Crippen LogP contribution in [-0.2, 0) is 0 Å². The number of thiophene rings is 1. The number of fused-ring (bicyclic) bond motifs is 1. The maximum absolute atomic E-state index is 12.1. The number of hydrogen-bond donors (Lipinski definition) is 3. The average molecular weight is 277 g/mol. The SMILES string of the molecule is Nc1c(C(=O)NCC2(CO)CC2)sc2cccnc12. The Labute approximate surface area is 114 Å². The number of nitrogens with one attached hydrogen (secondary N) is 1. The first-order valence-electron chi connectivity index (χ1n) is 6.17. The molecule has 0 aromatic carbocycles. The number of aliphatic hydroxyl groups is 1. The van der Waals surface area contributed by atoms with Crippen LogP contribution in [0.4, 0.5) is 5.69 Å². The van der Waals surface area contributed by atoms with Crippen molar-refractivity contribution in [3.05, 3.63) is 23.2 Å². The van der Waals surface area contributed by atoms with Crippen LogP contribution in [0.5, 0.6) is 0 Å². The van der Waals surface area contributed by atoms with Gasteiger partial charge in [0.1, 0.15) is 10.4 Å². The van der Waals surface area contributed by atoms with Crippen LogP contribution in [-0.4, -0.2) is 29.1 Å². The van der Waals surface area contributed by atoms with Gasteiger partial charge >= 0.3 is 0 Å². The average Bonchev–Trinajstić information content (AvgIpc) is 3.15. The standard InChI is InChI=1S/C13H15N3O2S/c14-9-10-8(2-1-5-15-10)19-11(9)12(18)16-6-13(7-17)3-4-13/h1-2,5,17H,3-4,6-7,14H2,(H,16,18). The molecule has 100 valence electrons. The number of hydrogen-bond acceptors (Lipinski definition) is 5. The van der Waals surface area contributed by atoms with E-state index in [1.807, 2.05) is 12.1 Å². The van der Waals surface area contributed by atoms with Crippen molar-refractivity contribution in [1.29, 1.82) is 0 Å². The zero-order chi connectivity index (χ0) is 13.5. The minimum absolute atomic E-state index is 0.0979. The highest BCUT2D eigenvalue weighted by Crippen LogP contribution is 2.44. The summed E-state index contributed by atoms with van der Waals surface area (Å²) in [6, 6.07) is 3.72. The molecule has 0 unspecified atom stereocenters. The minimum atomic E-state index is -0.180. The van der Waals surface area contributed by atoms with Gasteiger partial charge in [0.05, 0.1) is 17.0 Å². The highest BCUT2D eigenvalue weighted by molar-refractivity contribution is 7.21. The van der Waals surface area contributed by atoms with Crippen LogP contribution in [0.15, 0.2) is 18.3 Å². The summed E-state index contributed by atoms with van der Waals surface area (Å²) in [7, 11) is 0. The lowest BCUT2D eigenvalue weighted by Crippen LogP contribution is -2.31. The van der Waals surface area contributed by atoms with Crippen LogP contribution >= 0.6 is 11.3 Å². The van der Waals surface area contributed by atoms with Gasteiger partial charge in [-0.05, 0) is 25.0 Å². The van der Waals surface area contributed by atoms with Gasteiger partial charge in [-0.2, -0.15) is 0 Å². The van der Waals surface area contributed by atoms with Crippen molar-refractivity contribution >= 4 is 33.1 Å². The lowest BCUT2D eigenvalue weighted by atomic mass is 10.1. The Hall–Kier alpha value is -1.66. The fraction of sp³-hybridized carbons (Fsp3) is 0.385. The topological polar surface area (TPSA) is 88.2 Å². The third kappa shape index (κ3) is 2.17. The molecule has 2 aromatic rings. The normalized spacial score (nSPS) is 16.5. The zero-order valence-corrected chi connectivity index (χ0v) is 11.2. The van der Waals surface area contributed by atoms with Gasteiger partial charge in [-0.25, -0.2) is 0 Å². The van der Waals surface area contributed by atoms with Gasteiger partial charge < -0.3 is 16.2 Å². The van der Waals surface area contributed by atoms with Crippen LogP contribution in [0.3, 0.4) is 0 Å². The summed E-state index contributed by atoms with van der Waals surface area (Å²) in [5.74, 6) is -0.180. The lowest BCUT2D eigenvalue weighted by Gasteiger charge is -2.12. The summed E-state index contributed by atoms with van der Waals surface area (Å²) in [4.78, 5) is 16.8. The smallest absolute Gasteiger partial charge is 0.263 e. The number of anilines is 1. The highest BCUT2D eigenvalue weighted by atomic mass is 32.1. The Morgan fingerprint density at radius 2 is 2.37 bits per heavy atom. The first-order chi connectivity index (χ1) is 9.15. The molecule has 2 aromatic heterocycles. The summed E-state index contributed by atoms with van der Waals surface area (Å²) >= 11 is 1.35. The summed E-state index contributed by atoms with van der Waals surface area (Å²) < 4.78 is 0.911. The van der Waals surface area contributed by atoms with Crippen LogP contribution < -0.4 is 11.1 Å². The maximum atomic E-state index is 12.1. The molecule has 0 spiro atoms. The van der Waals surface area contributed by atoms with Crippen LogP contribution in [0.2, 0.25) is 0 Å². The van der Waals surface area contributed by atoms with E-state index in [1.54, 1.807) is 6.20 Å². The molecule has 0 atom stereocenters. The first kappa shape index (κ1) is 12.4. The third-order valence-electron chi connectivity index (χ3n) is 3.61. The summed E-state index contributed by atoms with van der Waals surface area (Å²) in [6.07, 6.45) is 3.60. The number of carbonyl (C=O) groups excluding carboxylic acids is 1. The van der Waals surface area contributed by atoms with Gasteiger partial charge in [0.2, 0.25) is 0 Å². The Balaban J connectivity index is 1.80. The highest BCUT2D eigenvalue weighted by Gasteiger charge is 2.42. The molecular weight excluding hydrogens is 262 g/mol. The monoisotopic (exact) mass is 277 g/mol. The summed E-state index contributed by atoms with van der Waals surface area (Å²) in [5.41, 5.74) is 6.99. The van der Waals surface area contributed by atoms with E-state index in [9.17, 15) is 9.90 Å². The van der Waals surface area contributed by atoms with Crippen LogP contribution in [0.25, 0.3) is 10.2 Å². The van der Waals surface area contributed by atoms with E-state index >= 15 is 0 Å². The Morgan fingerprint density at radius 1 is 1.58 bits per heavy atom. The molecule has 1 amide bonds. The minimum Gasteiger partial charge on any atom is -0.396 e. The molecule has 1 aliphatic carbocycles. The number of nitrogens with two attached hydrogens (primary N) is 1. The molecule has 0 bridgehead atoms. The number of nitrogens with zero attached hydrogens (tertiary/aromatic N) is 1. The van der Waals surface area contributed by atoms with Crippen molar-refractivity contribution in [2.45, 2.75) is 12.8 Å². The van der Waals surface area contributed by atoms with Crippen LogP contribution in [0.1, 0.15) is 22.5 Å². The van der Waals surface area contributed by atoms with Crippen LogP contribution in [0, 0.1) is 5.41 Å². The predicted molar refractivity (Wildman–Crippen MR) is 75.1 cm³/mol. The Morgan fingerprint density at radius 3 is 3.00 bits per heavy atom. The number of aliphatic hydroxyl groups excluding tert-OH is 1. The van der Waals surface area contributed by atoms with Crippen molar-refractivity contribution in [2.75, 3.05) is 18.9 Å². The predicted octanol–water partition coefficient (Wildman–Crippen LogP) is 1.38. The quantitative estimate of drug-likeness (QED) is 0.787. The molecule has 2 heterocycles. The molecule has 5 nitrogen and oxygen atoms in total. The van der Waals surface area contributed by atoms with E-state index in [-0.39, 0.29) is 17.9 Å². The third-order valence-corrected chi connectivity index (χ3v) is 4.76. The maximum Gasteiger partial charge on any atom is 0.263 e. The Kier molecular flexibility index (Phi) is 2.91. The van der Waals surface area contributed by atoms with E-state index in [2.05, 4.69) is 10.3 Å². The molecule has 0 radical (unpaired) electrons. The first-order valence-corrected chi connectivity index (χ1v) is 6.99. The van der Waals surface area contributed by atoms with Gasteiger partial charge in [0.25, 0.3) is 5.91 Å². The number of amides is 1. The second kappa shape index (κ2) is 4.47. The van der Waals surface area contributed by atoms with Gasteiger partial charge in [0, 0.05) is 18.2 Å². The number of rotatable bonds is 4. The number of pyridine rings is 1. The second-order valence-corrected chi connectivity index (χ2v) is 6.09. The molecule has 3 rings (SSSR count). The molecule has 6 heteroatoms. The molecule has 1 saturated carbocycles. The molecular formula is C13H15N3O2S. The molecule has 1 fully saturated rings. The largest absolute Gasteiger partial charge is 0.396 e. The summed E-state index contributed by atoms with van der Waals surface area (Å²) in [6.45, 7) is 0.625. The van der Waals surface area contributed by atoms with Crippen molar-refractivity contribution < 1.29 is 9.90 Å². The van der Waals surface area contributed by atoms with Gasteiger partial charge in [-0.15, -0.1) is 11.3 Å². The van der Waals surface area contributed by atoms with Gasteiger partial charge in [-0.1, -0.05) is 0 Å². The molecule has 0 saturated heterocycles. The van der Waals surface area contributed by atoms with E-state index in [4.69, 9.17) is 5.73 Å². The van der Waals surface area contributed by atoms with Gasteiger partial charge in [0.15, 0.2) is 0 Å². The van der Waals surface area contributed by atoms with Crippen molar-refractivity contribution in [1.82, 2.24) is 10.3 Å². The van der Waals surface area contributed by atoms with E-state index < -0.39 is 0 Å². The second-order valence-electron chi connectivity index (χ2n) is 5.04. The van der Waals surface area contributed by atoms with E-state index in [1.165, 1.54) is 11.3 Å². The van der Waals surface area contributed by atoms with Gasteiger partial charge in [-0.3, -0.25) is 9.78 Å². The summed E-state index contributed by atoms with van der Waals surface area (Å²) in [5, 5.41) is 12.1. The molecule has 1 aliphatic rings. The Bertz CT molecular complexity index is 634.